The second-order valence-corrected chi connectivity index (χ2v) is 11.1. The van der Waals surface area contributed by atoms with Crippen LogP contribution in [0.4, 0.5) is 0 Å². The molecule has 0 aromatic heterocycles. The van der Waals surface area contributed by atoms with Crippen LogP contribution in [-0.2, 0) is 9.59 Å². The van der Waals surface area contributed by atoms with Gasteiger partial charge < -0.3 is 10.2 Å². The number of carbonyl (C=O) groups excluding carboxylic acids is 2. The summed E-state index contributed by atoms with van der Waals surface area (Å²) in [6, 6.07) is 0.971. The van der Waals surface area contributed by atoms with Crippen LogP contribution < -0.4 is 5.32 Å². The summed E-state index contributed by atoms with van der Waals surface area (Å²) < 4.78 is 0. The van der Waals surface area contributed by atoms with Crippen LogP contribution in [0.2, 0.25) is 0 Å². The minimum atomic E-state index is 0.236. The Morgan fingerprint density at radius 1 is 0.759 bits per heavy atom. The molecule has 4 bridgehead atoms. The van der Waals surface area contributed by atoms with E-state index in [0.717, 1.165) is 49.0 Å². The van der Waals surface area contributed by atoms with Crippen LogP contribution in [-0.4, -0.2) is 35.3 Å². The Morgan fingerprint density at radius 3 is 2.17 bits per heavy atom. The molecule has 2 amide bonds. The first kappa shape index (κ1) is 19.9. The smallest absolute Gasteiger partial charge is 0.222 e. The van der Waals surface area contributed by atoms with Crippen LogP contribution in [0.1, 0.15) is 96.3 Å². The summed E-state index contributed by atoms with van der Waals surface area (Å²) >= 11 is 0. The van der Waals surface area contributed by atoms with Crippen LogP contribution in [0.5, 0.6) is 0 Å². The van der Waals surface area contributed by atoms with Crippen LogP contribution in [0.3, 0.4) is 0 Å². The van der Waals surface area contributed by atoms with Gasteiger partial charge in [0.2, 0.25) is 11.8 Å². The quantitative estimate of drug-likeness (QED) is 0.659. The second kappa shape index (κ2) is 8.59. The summed E-state index contributed by atoms with van der Waals surface area (Å²) in [7, 11) is 0. The number of likely N-dealkylation sites (tertiary alicyclic amines) is 1. The molecule has 4 heteroatoms. The minimum absolute atomic E-state index is 0.236. The van der Waals surface area contributed by atoms with Crippen LogP contribution in [0, 0.1) is 29.6 Å². The largest absolute Gasteiger partial charge is 0.353 e. The highest BCUT2D eigenvalue weighted by Gasteiger charge is 2.48. The third kappa shape index (κ3) is 4.23. The molecule has 1 aliphatic heterocycles. The lowest BCUT2D eigenvalue weighted by Gasteiger charge is -2.54. The van der Waals surface area contributed by atoms with Crippen LogP contribution in [0.15, 0.2) is 0 Å². The molecule has 6 rings (SSSR count). The van der Waals surface area contributed by atoms with Crippen molar-refractivity contribution in [2.75, 3.05) is 6.54 Å². The molecule has 1 N–H and O–H groups in total. The monoisotopic (exact) mass is 400 g/mol. The van der Waals surface area contributed by atoms with E-state index in [4.69, 9.17) is 0 Å². The molecule has 0 aromatic rings. The fourth-order valence-electron chi connectivity index (χ4n) is 8.06. The number of nitrogens with zero attached hydrogens (tertiary/aromatic N) is 1. The van der Waals surface area contributed by atoms with Crippen LogP contribution in [0.25, 0.3) is 0 Å². The highest BCUT2D eigenvalue weighted by atomic mass is 16.2. The van der Waals surface area contributed by atoms with Crippen LogP contribution >= 0.6 is 0 Å². The molecule has 2 unspecified atom stereocenters. The molecule has 29 heavy (non-hydrogen) atoms. The topological polar surface area (TPSA) is 49.4 Å². The molecule has 1 saturated heterocycles. The Hall–Kier alpha value is -1.06. The molecule has 0 aromatic carbocycles. The van der Waals surface area contributed by atoms with Crippen molar-refractivity contribution in [2.24, 2.45) is 29.6 Å². The maximum absolute atomic E-state index is 12.8. The van der Waals surface area contributed by atoms with Gasteiger partial charge in [-0.05, 0) is 100 Å². The van der Waals surface area contributed by atoms with E-state index < -0.39 is 0 Å². The first-order chi connectivity index (χ1) is 14.2. The first-order valence-corrected chi connectivity index (χ1v) is 12.8. The highest BCUT2D eigenvalue weighted by Crippen LogP contribution is 2.53. The van der Waals surface area contributed by atoms with Gasteiger partial charge in [-0.1, -0.05) is 12.8 Å². The van der Waals surface area contributed by atoms with E-state index >= 15 is 0 Å². The number of fused-ring (bicyclic) bond motifs is 1. The fourth-order valence-corrected chi connectivity index (χ4v) is 8.06. The normalized spacial score (nSPS) is 40.6. The average molecular weight is 401 g/mol. The molecule has 6 aliphatic rings. The number of piperidine rings is 1. The lowest BCUT2D eigenvalue weighted by molar-refractivity contribution is -0.137. The fraction of sp³-hybridized carbons (Fsp3) is 0.920. The third-order valence-corrected chi connectivity index (χ3v) is 9.16. The van der Waals surface area contributed by atoms with Crippen molar-refractivity contribution in [3.63, 3.8) is 0 Å². The number of hydrogen-bond donors (Lipinski definition) is 1. The summed E-state index contributed by atoms with van der Waals surface area (Å²) in [5.41, 5.74) is 0. The zero-order chi connectivity index (χ0) is 19.8. The summed E-state index contributed by atoms with van der Waals surface area (Å²) in [5.74, 6) is 4.75. The number of rotatable bonds is 6. The third-order valence-electron chi connectivity index (χ3n) is 9.16. The van der Waals surface area contributed by atoms with Crippen molar-refractivity contribution in [1.82, 2.24) is 10.2 Å². The summed E-state index contributed by atoms with van der Waals surface area (Å²) in [5, 5.41) is 3.42. The zero-order valence-corrected chi connectivity index (χ0v) is 18.1. The van der Waals surface area contributed by atoms with Crippen molar-refractivity contribution in [3.05, 3.63) is 0 Å². The number of unbranched alkanes of at least 4 members (excludes halogenated alkanes) is 1. The molecule has 5 aliphatic carbocycles. The van der Waals surface area contributed by atoms with Gasteiger partial charge in [-0.3, -0.25) is 9.59 Å². The number of hydrogen-bond acceptors (Lipinski definition) is 2. The summed E-state index contributed by atoms with van der Waals surface area (Å²) in [6.07, 6.45) is 17.5. The van der Waals surface area contributed by atoms with Crippen molar-refractivity contribution in [3.8, 4) is 0 Å². The Bertz CT molecular complexity index is 588. The molecule has 1 heterocycles. The van der Waals surface area contributed by atoms with Gasteiger partial charge in [-0.2, -0.15) is 0 Å². The highest BCUT2D eigenvalue weighted by molar-refractivity contribution is 5.77. The van der Waals surface area contributed by atoms with Gasteiger partial charge >= 0.3 is 0 Å². The summed E-state index contributed by atoms with van der Waals surface area (Å²) in [6.45, 7) is 0.965. The van der Waals surface area contributed by atoms with E-state index in [9.17, 15) is 9.59 Å². The van der Waals surface area contributed by atoms with Crippen molar-refractivity contribution >= 4 is 11.8 Å². The second-order valence-electron chi connectivity index (χ2n) is 11.1. The molecular formula is C25H40N2O2. The Balaban J connectivity index is 1.03. The van der Waals surface area contributed by atoms with E-state index in [1.165, 1.54) is 70.6 Å². The molecular weight excluding hydrogens is 360 g/mol. The average Bonchev–Trinajstić information content (AvgIpc) is 2.72. The van der Waals surface area contributed by atoms with Gasteiger partial charge in [0.1, 0.15) is 0 Å². The molecule has 4 nitrogen and oxygen atoms in total. The maximum atomic E-state index is 12.8. The van der Waals surface area contributed by atoms with Crippen molar-refractivity contribution < 1.29 is 9.59 Å². The lowest BCUT2D eigenvalue weighted by Crippen LogP contribution is -2.55. The van der Waals surface area contributed by atoms with Gasteiger partial charge in [-0.25, -0.2) is 0 Å². The van der Waals surface area contributed by atoms with E-state index in [-0.39, 0.29) is 5.91 Å². The van der Waals surface area contributed by atoms with E-state index in [2.05, 4.69) is 10.2 Å². The zero-order valence-electron chi connectivity index (χ0n) is 18.1. The number of carbonyl (C=O) groups is 2. The molecule has 0 spiro atoms. The standard InChI is InChI=1S/C25H40N2O2/c28-23(26-25-20-13-17-12-18(15-20)16-21(25)14-17)9-3-4-10-24(29)27-11-5-7-19-6-1-2-8-22(19)27/h17-22,25H,1-16H2,(H,26,28). The molecule has 0 radical (unpaired) electrons. The van der Waals surface area contributed by atoms with E-state index in [1.54, 1.807) is 0 Å². The van der Waals surface area contributed by atoms with Gasteiger partial charge in [0.25, 0.3) is 0 Å². The maximum Gasteiger partial charge on any atom is 0.222 e. The van der Waals surface area contributed by atoms with Gasteiger partial charge in [-0.15, -0.1) is 0 Å². The predicted molar refractivity (Wildman–Crippen MR) is 114 cm³/mol. The SMILES string of the molecule is O=C(CCCCC(=O)N1CCCC2CCCCC21)NC1C2CC3CC(C2)CC1C3. The number of amides is 2. The van der Waals surface area contributed by atoms with Crippen molar-refractivity contribution in [1.29, 1.82) is 0 Å². The summed E-state index contributed by atoms with van der Waals surface area (Å²) in [4.78, 5) is 27.6. The van der Waals surface area contributed by atoms with E-state index in [0.29, 0.717) is 30.8 Å². The van der Waals surface area contributed by atoms with E-state index in [1.807, 2.05) is 0 Å². The number of nitrogens with one attached hydrogen (secondary N) is 1. The molecule has 6 fully saturated rings. The Kier molecular flexibility index (Phi) is 5.89. The van der Waals surface area contributed by atoms with Gasteiger partial charge in [0, 0.05) is 31.5 Å². The minimum Gasteiger partial charge on any atom is -0.353 e. The Morgan fingerprint density at radius 2 is 1.41 bits per heavy atom. The molecule has 162 valence electrons. The van der Waals surface area contributed by atoms with Crippen molar-refractivity contribution in [2.45, 2.75) is 108 Å². The van der Waals surface area contributed by atoms with Gasteiger partial charge in [0.15, 0.2) is 0 Å². The van der Waals surface area contributed by atoms with Gasteiger partial charge in [0.05, 0.1) is 0 Å². The molecule has 2 atom stereocenters. The molecule has 5 saturated carbocycles. The lowest BCUT2D eigenvalue weighted by atomic mass is 9.54. The predicted octanol–water partition coefficient (Wildman–Crippen LogP) is 4.67. The Labute approximate surface area is 176 Å². The first-order valence-electron chi connectivity index (χ1n) is 12.8.